The standard InChI is InChI=1S/C54H38N2/c1-4-15-39(16-5-1)41-27-29-42(30-28-41)44-33-37-47(38-34-44)55(46-35-31-43(32-36-46)40-17-6-2-7-18-40)51-24-12-10-21-48(51)49-23-14-26-53-54(49)50-22-11-13-25-52(50)56(53)45-19-8-3-9-20-45/h1-38H/i33D,34D,37D,38D. The molecule has 0 saturated heterocycles. The van der Waals surface area contributed by atoms with Crippen molar-refractivity contribution in [1.82, 2.24) is 4.57 Å². The van der Waals surface area contributed by atoms with Gasteiger partial charge in [-0.3, -0.25) is 0 Å². The molecule has 10 aromatic rings. The third-order valence-corrected chi connectivity index (χ3v) is 10.5. The third kappa shape index (κ3) is 6.04. The Bertz CT molecular complexity index is 3130. The monoisotopic (exact) mass is 718 g/mol. The molecule has 0 bridgehead atoms. The van der Waals surface area contributed by atoms with Crippen LogP contribution in [0.15, 0.2) is 230 Å². The van der Waals surface area contributed by atoms with E-state index < -0.39 is 0 Å². The van der Waals surface area contributed by atoms with Crippen molar-refractivity contribution in [1.29, 1.82) is 0 Å². The zero-order chi connectivity index (χ0) is 40.7. The molecule has 2 nitrogen and oxygen atoms in total. The van der Waals surface area contributed by atoms with Crippen LogP contribution in [0.5, 0.6) is 0 Å². The van der Waals surface area contributed by atoms with Crippen molar-refractivity contribution in [2.75, 3.05) is 4.90 Å². The van der Waals surface area contributed by atoms with Crippen LogP contribution >= 0.6 is 0 Å². The van der Waals surface area contributed by atoms with Gasteiger partial charge in [-0.25, -0.2) is 0 Å². The van der Waals surface area contributed by atoms with Gasteiger partial charge in [0.25, 0.3) is 0 Å². The van der Waals surface area contributed by atoms with E-state index in [1.807, 2.05) is 126 Å². The SMILES string of the molecule is [2H]c1c([2H])c(N(c2ccc(-c3ccccc3)cc2)c2ccccc2-c2cccc3c2c2ccccc2n3-c2ccccc2)c([2H])c([2H])c1-c1ccc(-c2ccccc2)cc1. The predicted molar refractivity (Wildman–Crippen MR) is 237 cm³/mol. The van der Waals surface area contributed by atoms with E-state index in [4.69, 9.17) is 0 Å². The van der Waals surface area contributed by atoms with Gasteiger partial charge in [0.05, 0.1) is 22.2 Å². The molecule has 9 aromatic carbocycles. The molecule has 0 N–H and O–H groups in total. The Kier molecular flexibility index (Phi) is 7.47. The number of nitrogens with zero attached hydrogens (tertiary/aromatic N) is 2. The first-order valence-corrected chi connectivity index (χ1v) is 18.9. The minimum absolute atomic E-state index is 0.102. The van der Waals surface area contributed by atoms with E-state index in [1.54, 1.807) is 0 Å². The molecule has 0 saturated carbocycles. The number of fused-ring (bicyclic) bond motifs is 3. The number of aromatic nitrogens is 1. The van der Waals surface area contributed by atoms with E-state index in [1.165, 1.54) is 0 Å². The lowest BCUT2D eigenvalue weighted by molar-refractivity contribution is 1.18. The van der Waals surface area contributed by atoms with Crippen LogP contribution in [0.2, 0.25) is 0 Å². The highest BCUT2D eigenvalue weighted by atomic mass is 15.1. The average molecular weight is 719 g/mol. The maximum absolute atomic E-state index is 9.68. The molecule has 0 aliphatic rings. The minimum Gasteiger partial charge on any atom is -0.310 e. The Morgan fingerprint density at radius 2 is 0.821 bits per heavy atom. The van der Waals surface area contributed by atoms with E-state index in [0.29, 0.717) is 11.3 Å². The van der Waals surface area contributed by atoms with Crippen LogP contribution in [0, 0.1) is 0 Å². The molecule has 1 aromatic heterocycles. The Morgan fingerprint density at radius 3 is 1.48 bits per heavy atom. The number of hydrogen-bond donors (Lipinski definition) is 0. The highest BCUT2D eigenvalue weighted by molar-refractivity contribution is 6.17. The molecule has 0 aliphatic heterocycles. The zero-order valence-electron chi connectivity index (χ0n) is 34.5. The highest BCUT2D eigenvalue weighted by Gasteiger charge is 2.21. The van der Waals surface area contributed by atoms with E-state index in [2.05, 4.69) is 89.5 Å². The summed E-state index contributed by atoms with van der Waals surface area (Å²) in [6, 6.07) is 68.9. The molecule has 0 spiro atoms. The first-order valence-electron chi connectivity index (χ1n) is 20.9. The van der Waals surface area contributed by atoms with Crippen molar-refractivity contribution in [3.63, 3.8) is 0 Å². The van der Waals surface area contributed by atoms with Crippen LogP contribution in [0.4, 0.5) is 17.1 Å². The Balaban J connectivity index is 1.19. The lowest BCUT2D eigenvalue weighted by atomic mass is 9.96. The fourth-order valence-corrected chi connectivity index (χ4v) is 7.84. The zero-order valence-corrected chi connectivity index (χ0v) is 30.5. The van der Waals surface area contributed by atoms with Gasteiger partial charge >= 0.3 is 0 Å². The van der Waals surface area contributed by atoms with Crippen LogP contribution in [-0.2, 0) is 0 Å². The van der Waals surface area contributed by atoms with Gasteiger partial charge in [-0.15, -0.1) is 0 Å². The summed E-state index contributed by atoms with van der Waals surface area (Å²) in [5.74, 6) is 0. The van der Waals surface area contributed by atoms with E-state index in [9.17, 15) is 5.48 Å². The van der Waals surface area contributed by atoms with Crippen LogP contribution in [0.3, 0.4) is 0 Å². The van der Waals surface area contributed by atoms with Gasteiger partial charge in [0.1, 0.15) is 0 Å². The second kappa shape index (κ2) is 14.4. The normalized spacial score (nSPS) is 12.2. The van der Waals surface area contributed by atoms with Crippen molar-refractivity contribution >= 4 is 38.9 Å². The Labute approximate surface area is 333 Å². The van der Waals surface area contributed by atoms with Gasteiger partial charge in [0, 0.05) is 33.4 Å². The summed E-state index contributed by atoms with van der Waals surface area (Å²) >= 11 is 0. The molecule has 0 amide bonds. The number of benzene rings is 9. The Hall–Kier alpha value is -7.42. The topological polar surface area (TPSA) is 8.17 Å². The quantitative estimate of drug-likeness (QED) is 0.152. The van der Waals surface area contributed by atoms with Gasteiger partial charge in [-0.05, 0) is 93.5 Å². The smallest absolute Gasteiger partial charge is 0.0645 e. The average Bonchev–Trinajstić information content (AvgIpc) is 3.66. The molecule has 0 atom stereocenters. The summed E-state index contributed by atoms with van der Waals surface area (Å²) in [6.07, 6.45) is 0. The van der Waals surface area contributed by atoms with Gasteiger partial charge in [-0.1, -0.05) is 176 Å². The van der Waals surface area contributed by atoms with Crippen molar-refractivity contribution in [2.24, 2.45) is 0 Å². The Morgan fingerprint density at radius 1 is 0.339 bits per heavy atom. The molecule has 0 aliphatic carbocycles. The number of hydrogen-bond acceptors (Lipinski definition) is 1. The van der Waals surface area contributed by atoms with Gasteiger partial charge in [-0.2, -0.15) is 0 Å². The fourth-order valence-electron chi connectivity index (χ4n) is 7.84. The molecule has 10 rings (SSSR count). The summed E-state index contributed by atoms with van der Waals surface area (Å²) in [4.78, 5) is 1.91. The maximum Gasteiger partial charge on any atom is 0.0645 e. The molecule has 0 fully saturated rings. The number of anilines is 3. The van der Waals surface area contributed by atoms with Crippen molar-refractivity contribution in [3.05, 3.63) is 230 Å². The largest absolute Gasteiger partial charge is 0.310 e. The molecular formula is C54H38N2. The predicted octanol–water partition coefficient (Wildman–Crippen LogP) is 14.9. The van der Waals surface area contributed by atoms with Crippen molar-refractivity contribution < 1.29 is 5.48 Å². The molecular weight excluding hydrogens is 677 g/mol. The summed E-state index contributed by atoms with van der Waals surface area (Å²) in [5, 5.41) is 2.19. The van der Waals surface area contributed by atoms with E-state index in [0.717, 1.165) is 66.6 Å². The molecule has 0 unspecified atom stereocenters. The third-order valence-electron chi connectivity index (χ3n) is 10.5. The summed E-state index contributed by atoms with van der Waals surface area (Å²) in [5.41, 5.74) is 11.8. The first kappa shape index (κ1) is 29.0. The van der Waals surface area contributed by atoms with E-state index in [-0.39, 0.29) is 35.4 Å². The molecule has 56 heavy (non-hydrogen) atoms. The molecule has 1 heterocycles. The summed E-state index contributed by atoms with van der Waals surface area (Å²) < 4.78 is 40.6. The maximum atomic E-state index is 9.68. The summed E-state index contributed by atoms with van der Waals surface area (Å²) in [7, 11) is 0. The van der Waals surface area contributed by atoms with Crippen LogP contribution in [0.25, 0.3) is 72.0 Å². The highest BCUT2D eigenvalue weighted by Crippen LogP contribution is 2.45. The van der Waals surface area contributed by atoms with Gasteiger partial charge in [0.15, 0.2) is 0 Å². The number of rotatable bonds is 8. The second-order valence-corrected chi connectivity index (χ2v) is 13.8. The lowest BCUT2D eigenvalue weighted by Gasteiger charge is -2.28. The van der Waals surface area contributed by atoms with Gasteiger partial charge in [0.2, 0.25) is 0 Å². The molecule has 264 valence electrons. The minimum atomic E-state index is -0.126. The molecule has 2 heteroatoms. The summed E-state index contributed by atoms with van der Waals surface area (Å²) in [6.45, 7) is 0. The van der Waals surface area contributed by atoms with Crippen LogP contribution < -0.4 is 4.90 Å². The van der Waals surface area contributed by atoms with Crippen molar-refractivity contribution in [3.8, 4) is 50.2 Å². The van der Waals surface area contributed by atoms with Gasteiger partial charge < -0.3 is 9.47 Å². The molecule has 0 radical (unpaired) electrons. The first-order chi connectivity index (χ1) is 29.5. The van der Waals surface area contributed by atoms with Crippen LogP contribution in [0.1, 0.15) is 5.48 Å². The van der Waals surface area contributed by atoms with Crippen LogP contribution in [-0.4, -0.2) is 4.57 Å². The second-order valence-electron chi connectivity index (χ2n) is 13.8. The number of para-hydroxylation sites is 3. The fraction of sp³-hybridized carbons (Fsp3) is 0. The van der Waals surface area contributed by atoms with E-state index >= 15 is 0 Å². The van der Waals surface area contributed by atoms with Crippen molar-refractivity contribution in [2.45, 2.75) is 0 Å². The lowest BCUT2D eigenvalue weighted by Crippen LogP contribution is -2.11.